The van der Waals surface area contributed by atoms with Crippen LogP contribution in [-0.2, 0) is 12.8 Å². The number of aromatic hydroxyl groups is 2. The first kappa shape index (κ1) is 21.9. The molecule has 0 atom stereocenters. The van der Waals surface area contributed by atoms with E-state index in [4.69, 9.17) is 0 Å². The van der Waals surface area contributed by atoms with Crippen LogP contribution in [0.15, 0.2) is 54.6 Å². The maximum atomic E-state index is 10.8. The average Bonchev–Trinajstić information content (AvgIpc) is 2.72. The SMILES string of the molecule is Cc1cc(CCNCCc2cc(C)cc(C(C)C)c2O)c(O)c(-c2ccccc2)c1. The van der Waals surface area contributed by atoms with Crippen molar-refractivity contribution in [3.63, 3.8) is 0 Å². The van der Waals surface area contributed by atoms with Crippen molar-refractivity contribution < 1.29 is 10.2 Å². The highest BCUT2D eigenvalue weighted by molar-refractivity contribution is 5.72. The molecule has 0 saturated carbocycles. The molecular formula is C27H33NO2. The third kappa shape index (κ3) is 5.22. The highest BCUT2D eigenvalue weighted by Gasteiger charge is 2.12. The number of rotatable bonds is 8. The monoisotopic (exact) mass is 403 g/mol. The molecule has 0 aliphatic heterocycles. The van der Waals surface area contributed by atoms with Crippen LogP contribution in [0.1, 0.15) is 47.6 Å². The summed E-state index contributed by atoms with van der Waals surface area (Å²) < 4.78 is 0. The lowest BCUT2D eigenvalue weighted by atomic mass is 9.95. The van der Waals surface area contributed by atoms with Crippen LogP contribution < -0.4 is 5.32 Å². The van der Waals surface area contributed by atoms with Gasteiger partial charge in [0.15, 0.2) is 0 Å². The Morgan fingerprint density at radius 2 is 1.33 bits per heavy atom. The van der Waals surface area contributed by atoms with E-state index in [9.17, 15) is 10.2 Å². The van der Waals surface area contributed by atoms with Gasteiger partial charge in [0.05, 0.1) is 0 Å². The second kappa shape index (κ2) is 9.82. The predicted octanol–water partition coefficient (Wildman–Crippen LogP) is 5.88. The summed E-state index contributed by atoms with van der Waals surface area (Å²) in [5.74, 6) is 1.10. The Morgan fingerprint density at radius 3 is 1.93 bits per heavy atom. The van der Waals surface area contributed by atoms with Crippen LogP contribution in [0.3, 0.4) is 0 Å². The van der Waals surface area contributed by atoms with E-state index in [2.05, 4.69) is 51.2 Å². The molecule has 30 heavy (non-hydrogen) atoms. The van der Waals surface area contributed by atoms with Gasteiger partial charge in [-0.05, 0) is 79.6 Å². The Labute approximate surface area is 180 Å². The van der Waals surface area contributed by atoms with Crippen LogP contribution in [0, 0.1) is 13.8 Å². The highest BCUT2D eigenvalue weighted by atomic mass is 16.3. The summed E-state index contributed by atoms with van der Waals surface area (Å²) >= 11 is 0. The van der Waals surface area contributed by atoms with E-state index in [-0.39, 0.29) is 0 Å². The van der Waals surface area contributed by atoms with Gasteiger partial charge in [0.1, 0.15) is 11.5 Å². The number of phenols is 2. The van der Waals surface area contributed by atoms with E-state index in [1.165, 1.54) is 5.56 Å². The van der Waals surface area contributed by atoms with E-state index in [0.29, 0.717) is 17.4 Å². The minimum Gasteiger partial charge on any atom is -0.507 e. The molecule has 0 amide bonds. The largest absolute Gasteiger partial charge is 0.507 e. The lowest BCUT2D eigenvalue weighted by molar-refractivity contribution is 0.456. The fraction of sp³-hybridized carbons (Fsp3) is 0.333. The van der Waals surface area contributed by atoms with Crippen LogP contribution >= 0.6 is 0 Å². The van der Waals surface area contributed by atoms with Crippen LogP contribution in [0.2, 0.25) is 0 Å². The van der Waals surface area contributed by atoms with Gasteiger partial charge in [0, 0.05) is 5.56 Å². The second-order valence-electron chi connectivity index (χ2n) is 8.45. The number of hydrogen-bond acceptors (Lipinski definition) is 3. The number of phenolic OH excluding ortho intramolecular Hbond substituents is 2. The maximum absolute atomic E-state index is 10.8. The van der Waals surface area contributed by atoms with Gasteiger partial charge in [-0.25, -0.2) is 0 Å². The molecule has 0 heterocycles. The zero-order valence-corrected chi connectivity index (χ0v) is 18.5. The van der Waals surface area contributed by atoms with Crippen molar-refractivity contribution in [1.82, 2.24) is 5.32 Å². The van der Waals surface area contributed by atoms with Gasteiger partial charge >= 0.3 is 0 Å². The van der Waals surface area contributed by atoms with Gasteiger partial charge in [0.25, 0.3) is 0 Å². The van der Waals surface area contributed by atoms with Gasteiger partial charge in [-0.15, -0.1) is 0 Å². The predicted molar refractivity (Wildman–Crippen MR) is 125 cm³/mol. The number of aryl methyl sites for hydroxylation is 2. The molecule has 0 unspecified atom stereocenters. The highest BCUT2D eigenvalue weighted by Crippen LogP contribution is 2.34. The van der Waals surface area contributed by atoms with Crippen LogP contribution in [0.25, 0.3) is 11.1 Å². The van der Waals surface area contributed by atoms with E-state index < -0.39 is 0 Å². The van der Waals surface area contributed by atoms with Crippen LogP contribution in [-0.4, -0.2) is 23.3 Å². The molecule has 3 heteroatoms. The molecule has 0 fully saturated rings. The molecule has 0 aliphatic rings. The summed E-state index contributed by atoms with van der Waals surface area (Å²) in [5.41, 5.74) is 7.22. The molecule has 3 aromatic carbocycles. The average molecular weight is 404 g/mol. The minimum atomic E-state index is 0.305. The third-order valence-electron chi connectivity index (χ3n) is 5.54. The third-order valence-corrected chi connectivity index (χ3v) is 5.54. The molecular weight excluding hydrogens is 370 g/mol. The summed E-state index contributed by atoms with van der Waals surface area (Å²) in [6.45, 7) is 9.91. The Bertz CT molecular complexity index is 993. The first-order valence-electron chi connectivity index (χ1n) is 10.8. The quantitative estimate of drug-likeness (QED) is 0.412. The zero-order valence-electron chi connectivity index (χ0n) is 18.5. The smallest absolute Gasteiger partial charge is 0.126 e. The molecule has 0 spiro atoms. The molecule has 0 bridgehead atoms. The van der Waals surface area contributed by atoms with Gasteiger partial charge in [-0.2, -0.15) is 0 Å². The summed E-state index contributed by atoms with van der Waals surface area (Å²) in [4.78, 5) is 0. The first-order valence-corrected chi connectivity index (χ1v) is 10.8. The van der Waals surface area contributed by atoms with E-state index in [1.54, 1.807) is 0 Å². The Morgan fingerprint density at radius 1 is 0.767 bits per heavy atom. The Hall–Kier alpha value is -2.78. The molecule has 0 aliphatic carbocycles. The van der Waals surface area contributed by atoms with E-state index in [1.807, 2.05) is 36.4 Å². The Kier molecular flexibility index (Phi) is 7.17. The van der Waals surface area contributed by atoms with Gasteiger partial charge < -0.3 is 15.5 Å². The topological polar surface area (TPSA) is 52.5 Å². The summed E-state index contributed by atoms with van der Waals surface area (Å²) in [6.07, 6.45) is 1.53. The summed E-state index contributed by atoms with van der Waals surface area (Å²) in [7, 11) is 0. The maximum Gasteiger partial charge on any atom is 0.126 e. The number of hydrogen-bond donors (Lipinski definition) is 3. The van der Waals surface area contributed by atoms with Crippen molar-refractivity contribution >= 4 is 0 Å². The van der Waals surface area contributed by atoms with Gasteiger partial charge in [-0.1, -0.05) is 67.9 Å². The first-order chi connectivity index (χ1) is 14.4. The molecule has 3 N–H and O–H groups in total. The summed E-state index contributed by atoms with van der Waals surface area (Å²) in [6, 6.07) is 18.2. The van der Waals surface area contributed by atoms with E-state index in [0.717, 1.165) is 59.3 Å². The standard InChI is InChI=1S/C27H33NO2/c1-18(2)24-16-19(3)14-22(26(24)29)10-12-28-13-11-23-15-20(4)17-25(27(23)30)21-8-6-5-7-9-21/h5-9,14-18,28-30H,10-13H2,1-4H3. The van der Waals surface area contributed by atoms with Crippen molar-refractivity contribution in [3.05, 3.63) is 82.4 Å². The molecule has 3 rings (SSSR count). The van der Waals surface area contributed by atoms with Crippen molar-refractivity contribution in [2.24, 2.45) is 0 Å². The zero-order chi connectivity index (χ0) is 21.7. The van der Waals surface area contributed by atoms with Crippen molar-refractivity contribution in [1.29, 1.82) is 0 Å². The molecule has 158 valence electrons. The Balaban J connectivity index is 1.61. The van der Waals surface area contributed by atoms with Crippen LogP contribution in [0.4, 0.5) is 0 Å². The van der Waals surface area contributed by atoms with Gasteiger partial charge in [-0.3, -0.25) is 0 Å². The summed E-state index contributed by atoms with van der Waals surface area (Å²) in [5, 5.41) is 24.8. The van der Waals surface area contributed by atoms with Crippen LogP contribution in [0.5, 0.6) is 11.5 Å². The number of nitrogens with one attached hydrogen (secondary N) is 1. The normalized spacial score (nSPS) is 11.2. The van der Waals surface area contributed by atoms with Crippen molar-refractivity contribution in [2.45, 2.75) is 46.5 Å². The molecule has 3 nitrogen and oxygen atoms in total. The lowest BCUT2D eigenvalue weighted by Gasteiger charge is -2.15. The van der Waals surface area contributed by atoms with Gasteiger partial charge in [0.2, 0.25) is 0 Å². The fourth-order valence-corrected chi connectivity index (χ4v) is 3.97. The molecule has 0 radical (unpaired) electrons. The minimum absolute atomic E-state index is 0.305. The molecule has 0 aromatic heterocycles. The fourth-order valence-electron chi connectivity index (χ4n) is 3.97. The lowest BCUT2D eigenvalue weighted by Crippen LogP contribution is -2.20. The van der Waals surface area contributed by atoms with E-state index >= 15 is 0 Å². The van der Waals surface area contributed by atoms with Crippen molar-refractivity contribution in [2.75, 3.05) is 13.1 Å². The number of benzene rings is 3. The van der Waals surface area contributed by atoms with Crippen molar-refractivity contribution in [3.8, 4) is 22.6 Å². The molecule has 3 aromatic rings. The second-order valence-corrected chi connectivity index (χ2v) is 8.45. The molecule has 0 saturated heterocycles.